The molecule has 0 saturated carbocycles. The number of hydrogen-bond acceptors (Lipinski definition) is 3. The molecule has 1 N–H and O–H groups in total. The van der Waals surface area contributed by atoms with Gasteiger partial charge < -0.3 is 9.72 Å². The number of alkyl halides is 3. The number of H-pyrrole nitrogens is 1. The van der Waals surface area contributed by atoms with Crippen LogP contribution in [0.15, 0.2) is 33.5 Å². The van der Waals surface area contributed by atoms with Gasteiger partial charge in [0.25, 0.3) is 5.56 Å². The molecule has 2 rings (SSSR count). The summed E-state index contributed by atoms with van der Waals surface area (Å²) in [4.78, 5) is 18.4. The third-order valence-corrected chi connectivity index (χ3v) is 3.52. The van der Waals surface area contributed by atoms with E-state index in [0.29, 0.717) is 11.3 Å². The van der Waals surface area contributed by atoms with Gasteiger partial charge in [0.15, 0.2) is 0 Å². The Bertz CT molecular complexity index is 696. The maximum Gasteiger partial charge on any atom is 0.416 e. The lowest BCUT2D eigenvalue weighted by atomic mass is 10.1. The second-order valence-corrected chi connectivity index (χ2v) is 4.98. The number of rotatable bonds is 3. The van der Waals surface area contributed by atoms with Gasteiger partial charge in [-0.05, 0) is 28.1 Å². The average molecular weight is 363 g/mol. The molecule has 0 bridgehead atoms. The molecule has 8 heteroatoms. The second-order valence-electron chi connectivity index (χ2n) is 4.18. The highest BCUT2D eigenvalue weighted by atomic mass is 79.9. The number of ether oxygens (including phenoxy) is 1. The molecule has 0 saturated heterocycles. The smallest absolute Gasteiger partial charge is 0.378 e. The Morgan fingerprint density at radius 2 is 1.90 bits per heavy atom. The van der Waals surface area contributed by atoms with Crippen molar-refractivity contribution in [3.8, 4) is 11.4 Å². The Balaban J connectivity index is 2.45. The van der Waals surface area contributed by atoms with Gasteiger partial charge in [0.2, 0.25) is 0 Å². The van der Waals surface area contributed by atoms with E-state index in [1.807, 2.05) is 0 Å². The van der Waals surface area contributed by atoms with Crippen LogP contribution in [0.5, 0.6) is 0 Å². The van der Waals surface area contributed by atoms with Gasteiger partial charge in [-0.25, -0.2) is 4.98 Å². The number of aromatic nitrogens is 2. The number of aromatic amines is 1. The summed E-state index contributed by atoms with van der Waals surface area (Å²) in [6.45, 7) is 0.109. The second kappa shape index (κ2) is 5.98. The van der Waals surface area contributed by atoms with Gasteiger partial charge in [-0.1, -0.05) is 12.1 Å². The third-order valence-electron chi connectivity index (χ3n) is 2.70. The zero-order chi connectivity index (χ0) is 15.6. The first-order chi connectivity index (χ1) is 9.82. The van der Waals surface area contributed by atoms with Crippen LogP contribution in [0.3, 0.4) is 0 Å². The van der Waals surface area contributed by atoms with Crippen molar-refractivity contribution < 1.29 is 17.9 Å². The molecule has 1 aromatic carbocycles. The predicted octanol–water partition coefficient (Wildman–Crippen LogP) is 3.36. The summed E-state index contributed by atoms with van der Waals surface area (Å²) in [5, 5.41) is 0. The molecule has 0 radical (unpaired) electrons. The van der Waals surface area contributed by atoms with Crippen LogP contribution in [0.25, 0.3) is 11.4 Å². The van der Waals surface area contributed by atoms with Crippen LogP contribution >= 0.6 is 15.9 Å². The van der Waals surface area contributed by atoms with Crippen LogP contribution in [-0.4, -0.2) is 17.1 Å². The average Bonchev–Trinajstić information content (AvgIpc) is 2.43. The molecular formula is C13H10BrF3N2O2. The first kappa shape index (κ1) is 15.7. The van der Waals surface area contributed by atoms with Crippen molar-refractivity contribution in [3.05, 3.63) is 50.3 Å². The summed E-state index contributed by atoms with van der Waals surface area (Å²) >= 11 is 3.09. The molecule has 0 aliphatic heterocycles. The van der Waals surface area contributed by atoms with Crippen LogP contribution in [0.2, 0.25) is 0 Å². The fraction of sp³-hybridized carbons (Fsp3) is 0.231. The lowest BCUT2D eigenvalue weighted by Gasteiger charge is -2.09. The van der Waals surface area contributed by atoms with Crippen molar-refractivity contribution in [2.45, 2.75) is 12.8 Å². The van der Waals surface area contributed by atoms with Crippen LogP contribution in [0.1, 0.15) is 11.3 Å². The van der Waals surface area contributed by atoms with Gasteiger partial charge >= 0.3 is 6.18 Å². The molecule has 4 nitrogen and oxygen atoms in total. The number of benzene rings is 1. The molecule has 2 aromatic rings. The zero-order valence-electron chi connectivity index (χ0n) is 10.8. The minimum atomic E-state index is -4.40. The molecule has 0 amide bonds. The van der Waals surface area contributed by atoms with Gasteiger partial charge in [-0.2, -0.15) is 13.2 Å². The first-order valence-corrected chi connectivity index (χ1v) is 6.57. The molecule has 0 aliphatic carbocycles. The number of nitrogens with zero attached hydrogens (tertiary/aromatic N) is 1. The van der Waals surface area contributed by atoms with Gasteiger partial charge in [0.1, 0.15) is 10.3 Å². The summed E-state index contributed by atoms with van der Waals surface area (Å²) in [5.74, 6) is 0.184. The van der Waals surface area contributed by atoms with Crippen molar-refractivity contribution in [2.24, 2.45) is 0 Å². The van der Waals surface area contributed by atoms with Crippen LogP contribution in [-0.2, 0) is 17.5 Å². The van der Waals surface area contributed by atoms with E-state index in [2.05, 4.69) is 25.9 Å². The number of nitrogens with one attached hydrogen (secondary N) is 1. The molecular weight excluding hydrogens is 353 g/mol. The summed E-state index contributed by atoms with van der Waals surface area (Å²) < 4.78 is 42.7. The highest BCUT2D eigenvalue weighted by molar-refractivity contribution is 9.10. The van der Waals surface area contributed by atoms with Gasteiger partial charge in [-0.3, -0.25) is 4.79 Å². The lowest BCUT2D eigenvalue weighted by molar-refractivity contribution is -0.137. The molecule has 1 heterocycles. The monoisotopic (exact) mass is 362 g/mol. The highest BCUT2D eigenvalue weighted by Gasteiger charge is 2.30. The summed E-state index contributed by atoms with van der Waals surface area (Å²) in [6.07, 6.45) is -4.40. The number of hydrogen-bond donors (Lipinski definition) is 1. The minimum absolute atomic E-state index is 0.109. The Kier molecular flexibility index (Phi) is 4.48. The zero-order valence-corrected chi connectivity index (χ0v) is 12.4. The van der Waals surface area contributed by atoms with Crippen molar-refractivity contribution in [1.29, 1.82) is 0 Å². The fourth-order valence-corrected chi connectivity index (χ4v) is 1.99. The molecule has 0 atom stereocenters. The predicted molar refractivity (Wildman–Crippen MR) is 73.7 cm³/mol. The van der Waals surface area contributed by atoms with Crippen molar-refractivity contribution >= 4 is 15.9 Å². The van der Waals surface area contributed by atoms with E-state index in [9.17, 15) is 18.0 Å². The Labute approximate surface area is 126 Å². The molecule has 21 heavy (non-hydrogen) atoms. The van der Waals surface area contributed by atoms with Crippen LogP contribution in [0, 0.1) is 0 Å². The van der Waals surface area contributed by atoms with E-state index in [4.69, 9.17) is 4.74 Å². The molecule has 0 aliphatic rings. The van der Waals surface area contributed by atoms with E-state index < -0.39 is 17.3 Å². The molecule has 112 valence electrons. The highest BCUT2D eigenvalue weighted by Crippen LogP contribution is 2.30. The molecule has 1 aromatic heterocycles. The van der Waals surface area contributed by atoms with Crippen LogP contribution in [0.4, 0.5) is 13.2 Å². The van der Waals surface area contributed by atoms with Gasteiger partial charge in [0, 0.05) is 12.7 Å². The quantitative estimate of drug-likeness (QED) is 0.910. The van der Waals surface area contributed by atoms with E-state index in [1.54, 1.807) is 0 Å². The lowest BCUT2D eigenvalue weighted by Crippen LogP contribution is -2.14. The Morgan fingerprint density at radius 3 is 2.43 bits per heavy atom. The van der Waals surface area contributed by atoms with E-state index in [1.165, 1.54) is 19.2 Å². The summed E-state index contributed by atoms with van der Waals surface area (Å²) in [6, 6.07) is 4.39. The maximum atomic E-state index is 12.5. The summed E-state index contributed by atoms with van der Waals surface area (Å²) in [5.41, 5.74) is -0.434. The molecule has 0 spiro atoms. The van der Waals surface area contributed by atoms with Crippen molar-refractivity contribution in [2.75, 3.05) is 7.11 Å². The Hall–Kier alpha value is -1.67. The minimum Gasteiger partial charge on any atom is -0.378 e. The fourth-order valence-electron chi connectivity index (χ4n) is 1.69. The summed E-state index contributed by atoms with van der Waals surface area (Å²) in [7, 11) is 1.45. The van der Waals surface area contributed by atoms with Crippen LogP contribution < -0.4 is 5.56 Å². The maximum absolute atomic E-state index is 12.5. The van der Waals surface area contributed by atoms with Gasteiger partial charge in [0.05, 0.1) is 17.9 Å². The van der Waals surface area contributed by atoms with E-state index in [-0.39, 0.29) is 16.9 Å². The number of halogens is 4. The SMILES string of the molecule is COCc1nc(-c2ccc(C(F)(F)F)cc2)[nH]c(=O)c1Br. The van der Waals surface area contributed by atoms with Gasteiger partial charge in [-0.15, -0.1) is 0 Å². The molecule has 0 unspecified atom stereocenters. The normalized spacial score (nSPS) is 11.7. The van der Waals surface area contributed by atoms with Crippen molar-refractivity contribution in [1.82, 2.24) is 9.97 Å². The standard InChI is InChI=1S/C13H10BrF3N2O2/c1-21-6-9-10(14)12(20)19-11(18-9)7-2-4-8(5-3-7)13(15,16)17/h2-5H,6H2,1H3,(H,18,19,20). The van der Waals surface area contributed by atoms with Crippen molar-refractivity contribution in [3.63, 3.8) is 0 Å². The first-order valence-electron chi connectivity index (χ1n) is 5.78. The Morgan fingerprint density at radius 1 is 1.29 bits per heavy atom. The van der Waals surface area contributed by atoms with E-state index in [0.717, 1.165) is 12.1 Å². The molecule has 0 fully saturated rings. The number of methoxy groups -OCH3 is 1. The largest absolute Gasteiger partial charge is 0.416 e. The third kappa shape index (κ3) is 3.51. The van der Waals surface area contributed by atoms with E-state index >= 15 is 0 Å². The topological polar surface area (TPSA) is 55.0 Å².